The molecule has 1 saturated heterocycles. The third-order valence-corrected chi connectivity index (χ3v) is 4.81. The van der Waals surface area contributed by atoms with Gasteiger partial charge in [-0.2, -0.15) is 0 Å². The topological polar surface area (TPSA) is 78.5 Å². The molecule has 1 aromatic carbocycles. The number of hydrogen-bond acceptors (Lipinski definition) is 3. The fraction of sp³-hybridized carbons (Fsp3) is 0.591. The first-order chi connectivity index (χ1) is 13.1. The second kappa shape index (κ2) is 9.22. The van der Waals surface area contributed by atoms with E-state index in [0.29, 0.717) is 36.8 Å². The van der Waals surface area contributed by atoms with E-state index >= 15 is 0 Å². The summed E-state index contributed by atoms with van der Waals surface area (Å²) in [6.07, 6.45) is 1.61. The van der Waals surface area contributed by atoms with Crippen LogP contribution < -0.4 is 10.6 Å². The van der Waals surface area contributed by atoms with E-state index < -0.39 is 5.41 Å². The molecule has 6 heteroatoms. The molecule has 1 aromatic rings. The summed E-state index contributed by atoms with van der Waals surface area (Å²) < 4.78 is 0. The summed E-state index contributed by atoms with van der Waals surface area (Å²) in [5.74, 6) is 0.0547. The zero-order chi connectivity index (χ0) is 20.9. The van der Waals surface area contributed by atoms with Gasteiger partial charge in [0.15, 0.2) is 0 Å². The molecule has 1 heterocycles. The van der Waals surface area contributed by atoms with E-state index in [2.05, 4.69) is 24.5 Å². The van der Waals surface area contributed by atoms with Crippen LogP contribution in [0.4, 0.5) is 5.69 Å². The SMILES string of the molecule is CC(C)CNC(=O)C1CCCN(C(=O)c2cccc(NC(=O)C(C)(C)C)c2)C1. The highest BCUT2D eigenvalue weighted by molar-refractivity contribution is 5.98. The minimum atomic E-state index is -0.510. The number of nitrogens with one attached hydrogen (secondary N) is 2. The Morgan fingerprint density at radius 1 is 1.21 bits per heavy atom. The number of carbonyl (C=O) groups excluding carboxylic acids is 3. The Labute approximate surface area is 168 Å². The molecule has 28 heavy (non-hydrogen) atoms. The summed E-state index contributed by atoms with van der Waals surface area (Å²) in [5, 5.41) is 5.83. The van der Waals surface area contributed by atoms with E-state index in [0.717, 1.165) is 12.8 Å². The van der Waals surface area contributed by atoms with E-state index in [1.807, 2.05) is 20.8 Å². The average molecular weight is 388 g/mol. The van der Waals surface area contributed by atoms with Crippen molar-refractivity contribution in [1.82, 2.24) is 10.2 Å². The predicted octanol–water partition coefficient (Wildman–Crippen LogP) is 3.30. The summed E-state index contributed by atoms with van der Waals surface area (Å²) in [6.45, 7) is 11.4. The smallest absolute Gasteiger partial charge is 0.253 e. The molecule has 3 amide bonds. The molecular formula is C22H33N3O3. The van der Waals surface area contributed by atoms with Gasteiger partial charge in [-0.25, -0.2) is 0 Å². The Morgan fingerprint density at radius 2 is 1.93 bits per heavy atom. The van der Waals surface area contributed by atoms with Crippen molar-refractivity contribution in [3.63, 3.8) is 0 Å². The van der Waals surface area contributed by atoms with E-state index in [1.54, 1.807) is 29.2 Å². The molecule has 0 radical (unpaired) electrons. The monoisotopic (exact) mass is 387 g/mol. The van der Waals surface area contributed by atoms with Crippen molar-refractivity contribution in [2.45, 2.75) is 47.5 Å². The quantitative estimate of drug-likeness (QED) is 0.814. The Morgan fingerprint density at radius 3 is 2.57 bits per heavy atom. The maximum atomic E-state index is 13.0. The summed E-state index contributed by atoms with van der Waals surface area (Å²) in [6, 6.07) is 6.99. The molecule has 1 unspecified atom stereocenters. The van der Waals surface area contributed by atoms with Gasteiger partial charge in [-0.05, 0) is 37.0 Å². The van der Waals surface area contributed by atoms with Crippen LogP contribution in [0.15, 0.2) is 24.3 Å². The largest absolute Gasteiger partial charge is 0.356 e. The summed E-state index contributed by atoms with van der Waals surface area (Å²) >= 11 is 0. The van der Waals surface area contributed by atoms with Crippen molar-refractivity contribution in [2.24, 2.45) is 17.3 Å². The second-order valence-corrected chi connectivity index (χ2v) is 9.01. The van der Waals surface area contributed by atoms with Crippen LogP contribution in [-0.2, 0) is 9.59 Å². The van der Waals surface area contributed by atoms with Crippen LogP contribution >= 0.6 is 0 Å². The number of carbonyl (C=O) groups is 3. The Bertz CT molecular complexity index is 722. The van der Waals surface area contributed by atoms with Gasteiger partial charge in [0.05, 0.1) is 5.92 Å². The molecule has 1 fully saturated rings. The number of likely N-dealkylation sites (tertiary alicyclic amines) is 1. The summed E-state index contributed by atoms with van der Waals surface area (Å²) in [4.78, 5) is 39.3. The van der Waals surface area contributed by atoms with Crippen molar-refractivity contribution in [3.8, 4) is 0 Å². The molecule has 1 aliphatic heterocycles. The van der Waals surface area contributed by atoms with Gasteiger partial charge in [-0.15, -0.1) is 0 Å². The van der Waals surface area contributed by atoms with Crippen molar-refractivity contribution in [3.05, 3.63) is 29.8 Å². The zero-order valence-corrected chi connectivity index (χ0v) is 17.7. The number of rotatable bonds is 5. The lowest BCUT2D eigenvalue weighted by Gasteiger charge is -2.32. The maximum Gasteiger partial charge on any atom is 0.253 e. The number of hydrogen-bond donors (Lipinski definition) is 2. The van der Waals surface area contributed by atoms with Crippen LogP contribution in [0.3, 0.4) is 0 Å². The third kappa shape index (κ3) is 6.08. The van der Waals surface area contributed by atoms with Gasteiger partial charge in [0.25, 0.3) is 5.91 Å². The Balaban J connectivity index is 2.04. The van der Waals surface area contributed by atoms with E-state index in [9.17, 15) is 14.4 Å². The number of anilines is 1. The molecule has 1 aliphatic rings. The first-order valence-electron chi connectivity index (χ1n) is 10.1. The van der Waals surface area contributed by atoms with Gasteiger partial charge >= 0.3 is 0 Å². The number of benzene rings is 1. The lowest BCUT2D eigenvalue weighted by atomic mass is 9.95. The van der Waals surface area contributed by atoms with Crippen molar-refractivity contribution in [2.75, 3.05) is 25.0 Å². The molecule has 0 bridgehead atoms. The molecule has 0 aliphatic carbocycles. The lowest BCUT2D eigenvalue weighted by molar-refractivity contribution is -0.126. The average Bonchev–Trinajstić information content (AvgIpc) is 2.65. The van der Waals surface area contributed by atoms with Gasteiger partial charge in [-0.1, -0.05) is 40.7 Å². The molecule has 1 atom stereocenters. The van der Waals surface area contributed by atoms with Gasteiger partial charge in [0, 0.05) is 36.3 Å². The predicted molar refractivity (Wildman–Crippen MR) is 111 cm³/mol. The molecule has 2 rings (SSSR count). The number of piperidine rings is 1. The Kier molecular flexibility index (Phi) is 7.22. The number of nitrogens with zero attached hydrogens (tertiary/aromatic N) is 1. The van der Waals surface area contributed by atoms with E-state index in [-0.39, 0.29) is 23.6 Å². The normalized spacial score (nSPS) is 17.4. The molecule has 2 N–H and O–H groups in total. The molecule has 6 nitrogen and oxygen atoms in total. The van der Waals surface area contributed by atoms with Gasteiger partial charge in [0.2, 0.25) is 11.8 Å². The van der Waals surface area contributed by atoms with Crippen LogP contribution in [0, 0.1) is 17.3 Å². The zero-order valence-electron chi connectivity index (χ0n) is 17.7. The van der Waals surface area contributed by atoms with Crippen LogP contribution in [0.25, 0.3) is 0 Å². The fourth-order valence-corrected chi connectivity index (χ4v) is 3.06. The first kappa shape index (κ1) is 21.9. The Hall–Kier alpha value is -2.37. The van der Waals surface area contributed by atoms with Gasteiger partial charge < -0.3 is 15.5 Å². The first-order valence-corrected chi connectivity index (χ1v) is 10.1. The van der Waals surface area contributed by atoms with Crippen molar-refractivity contribution < 1.29 is 14.4 Å². The fourth-order valence-electron chi connectivity index (χ4n) is 3.06. The van der Waals surface area contributed by atoms with Gasteiger partial charge in [0.1, 0.15) is 0 Å². The highest BCUT2D eigenvalue weighted by Gasteiger charge is 2.29. The molecule has 0 spiro atoms. The minimum Gasteiger partial charge on any atom is -0.356 e. The van der Waals surface area contributed by atoms with E-state index in [1.165, 1.54) is 0 Å². The third-order valence-electron chi connectivity index (χ3n) is 4.81. The highest BCUT2D eigenvalue weighted by atomic mass is 16.2. The van der Waals surface area contributed by atoms with Gasteiger partial charge in [-0.3, -0.25) is 14.4 Å². The summed E-state index contributed by atoms with van der Waals surface area (Å²) in [5.41, 5.74) is 0.618. The molecule has 0 saturated carbocycles. The van der Waals surface area contributed by atoms with Crippen LogP contribution in [0.5, 0.6) is 0 Å². The molecular weight excluding hydrogens is 354 g/mol. The maximum absolute atomic E-state index is 13.0. The highest BCUT2D eigenvalue weighted by Crippen LogP contribution is 2.22. The standard InChI is InChI=1S/C22H33N3O3/c1-15(2)13-23-19(26)17-9-7-11-25(14-17)20(27)16-8-6-10-18(12-16)24-21(28)22(3,4)5/h6,8,10,12,15,17H,7,9,11,13-14H2,1-5H3,(H,23,26)(H,24,28). The van der Waals surface area contributed by atoms with Crippen molar-refractivity contribution >= 4 is 23.4 Å². The van der Waals surface area contributed by atoms with Crippen molar-refractivity contribution in [1.29, 1.82) is 0 Å². The molecule has 0 aromatic heterocycles. The summed E-state index contributed by atoms with van der Waals surface area (Å²) in [7, 11) is 0. The van der Waals surface area contributed by atoms with E-state index in [4.69, 9.17) is 0 Å². The second-order valence-electron chi connectivity index (χ2n) is 9.01. The van der Waals surface area contributed by atoms with Crippen LogP contribution in [0.2, 0.25) is 0 Å². The van der Waals surface area contributed by atoms with Crippen LogP contribution in [-0.4, -0.2) is 42.3 Å². The molecule has 154 valence electrons. The lowest BCUT2D eigenvalue weighted by Crippen LogP contribution is -2.46. The minimum absolute atomic E-state index is 0.0254. The van der Waals surface area contributed by atoms with Crippen LogP contribution in [0.1, 0.15) is 57.8 Å². The number of amides is 3.